The Hall–Kier alpha value is -1.76. The second kappa shape index (κ2) is 8.37. The summed E-state index contributed by atoms with van der Waals surface area (Å²) in [6.45, 7) is 8.51. The Morgan fingerprint density at radius 1 is 1.29 bits per heavy atom. The van der Waals surface area contributed by atoms with Crippen LogP contribution in [0.4, 0.5) is 5.69 Å². The van der Waals surface area contributed by atoms with Crippen molar-refractivity contribution in [3.8, 4) is 0 Å². The largest absolute Gasteiger partial charge is 0.357 e. The zero-order valence-corrected chi connectivity index (χ0v) is 15.6. The lowest BCUT2D eigenvalue weighted by atomic mass is 10.2. The second-order valence-corrected chi connectivity index (χ2v) is 8.32. The van der Waals surface area contributed by atoms with Gasteiger partial charge in [-0.25, -0.2) is 8.42 Å². The van der Waals surface area contributed by atoms with Gasteiger partial charge in [-0.15, -0.1) is 0 Å². The number of fused-ring (bicyclic) bond motifs is 1. The van der Waals surface area contributed by atoms with Crippen LogP contribution in [0.2, 0.25) is 0 Å². The molecule has 1 aliphatic rings. The number of nitrogens with zero attached hydrogens (tertiary/aromatic N) is 2. The van der Waals surface area contributed by atoms with Gasteiger partial charge in [-0.2, -0.15) is 0 Å². The molecule has 1 aliphatic heterocycles. The molecule has 2 N–H and O–H groups in total. The summed E-state index contributed by atoms with van der Waals surface area (Å²) in [5.74, 6) is 1.18. The molecule has 0 saturated heterocycles. The highest BCUT2D eigenvalue weighted by Gasteiger charge is 2.28. The Bertz CT molecular complexity index is 671. The van der Waals surface area contributed by atoms with Crippen LogP contribution in [0.5, 0.6) is 0 Å². The van der Waals surface area contributed by atoms with Gasteiger partial charge in [0.15, 0.2) is 5.96 Å². The summed E-state index contributed by atoms with van der Waals surface area (Å²) in [6.07, 6.45) is 0.779. The van der Waals surface area contributed by atoms with E-state index in [0.29, 0.717) is 31.5 Å². The van der Waals surface area contributed by atoms with E-state index in [1.807, 2.05) is 31.2 Å². The first kappa shape index (κ1) is 18.6. The number of benzene rings is 1. The van der Waals surface area contributed by atoms with Crippen LogP contribution in [0.25, 0.3) is 0 Å². The topological polar surface area (TPSA) is 73.8 Å². The molecule has 0 aliphatic carbocycles. The molecule has 6 nitrogen and oxygen atoms in total. The van der Waals surface area contributed by atoms with Crippen LogP contribution in [0.15, 0.2) is 29.3 Å². The molecule has 0 spiro atoms. The van der Waals surface area contributed by atoms with Crippen LogP contribution in [-0.2, 0) is 16.4 Å². The molecular weight excluding hydrogens is 324 g/mol. The molecule has 1 heterocycles. The number of aliphatic imine (C=N–C) groups is 1. The minimum Gasteiger partial charge on any atom is -0.357 e. The van der Waals surface area contributed by atoms with Crippen LogP contribution < -0.4 is 14.9 Å². The Labute approximate surface area is 145 Å². The van der Waals surface area contributed by atoms with Crippen molar-refractivity contribution in [1.82, 2.24) is 10.6 Å². The van der Waals surface area contributed by atoms with Gasteiger partial charge in [0.2, 0.25) is 10.0 Å². The molecule has 0 bridgehead atoms. The summed E-state index contributed by atoms with van der Waals surface area (Å²) in [5.41, 5.74) is 1.92. The minimum atomic E-state index is -3.33. The lowest BCUT2D eigenvalue weighted by Gasteiger charge is -2.20. The fraction of sp³-hybridized carbons (Fsp3) is 0.588. The van der Waals surface area contributed by atoms with Gasteiger partial charge in [0.1, 0.15) is 0 Å². The van der Waals surface area contributed by atoms with Gasteiger partial charge >= 0.3 is 0 Å². The van der Waals surface area contributed by atoms with Crippen molar-refractivity contribution in [2.75, 3.05) is 36.2 Å². The fourth-order valence-electron chi connectivity index (χ4n) is 2.62. The van der Waals surface area contributed by atoms with E-state index in [4.69, 9.17) is 0 Å². The second-order valence-electron chi connectivity index (χ2n) is 6.31. The Morgan fingerprint density at radius 2 is 2.04 bits per heavy atom. The highest BCUT2D eigenvalue weighted by molar-refractivity contribution is 7.92. The highest BCUT2D eigenvalue weighted by Crippen LogP contribution is 2.29. The number of hydrogen-bond donors (Lipinski definition) is 2. The number of guanidine groups is 1. The van der Waals surface area contributed by atoms with Crippen LogP contribution in [0, 0.1) is 5.92 Å². The number of sulfonamides is 1. The van der Waals surface area contributed by atoms with Crippen molar-refractivity contribution in [2.24, 2.45) is 10.9 Å². The predicted molar refractivity (Wildman–Crippen MR) is 100 cm³/mol. The third-order valence-corrected chi connectivity index (χ3v) is 5.56. The molecule has 1 aromatic carbocycles. The molecule has 0 fully saturated rings. The molecular formula is C17H28N4O2S. The molecule has 0 amide bonds. The van der Waals surface area contributed by atoms with E-state index in [9.17, 15) is 8.42 Å². The van der Waals surface area contributed by atoms with E-state index in [1.165, 1.54) is 4.31 Å². The van der Waals surface area contributed by atoms with Gasteiger partial charge in [0.25, 0.3) is 0 Å². The number of rotatable bonds is 7. The van der Waals surface area contributed by atoms with Crippen LogP contribution in [0.1, 0.15) is 26.3 Å². The van der Waals surface area contributed by atoms with Crippen molar-refractivity contribution in [3.05, 3.63) is 29.8 Å². The van der Waals surface area contributed by atoms with E-state index < -0.39 is 10.0 Å². The molecule has 134 valence electrons. The van der Waals surface area contributed by atoms with Crippen molar-refractivity contribution in [2.45, 2.75) is 27.2 Å². The summed E-state index contributed by atoms with van der Waals surface area (Å²) in [7, 11) is -3.33. The van der Waals surface area contributed by atoms with E-state index >= 15 is 0 Å². The molecule has 1 aromatic rings. The first-order chi connectivity index (χ1) is 11.4. The molecule has 2 rings (SSSR count). The molecule has 0 aromatic heterocycles. The van der Waals surface area contributed by atoms with Gasteiger partial charge in [0, 0.05) is 26.2 Å². The number of para-hydroxylation sites is 1. The Kier molecular flexibility index (Phi) is 6.48. The Balaban J connectivity index is 1.94. The number of nitrogens with one attached hydrogen (secondary N) is 2. The summed E-state index contributed by atoms with van der Waals surface area (Å²) in [5, 5.41) is 6.25. The lowest BCUT2D eigenvalue weighted by Crippen LogP contribution is -2.42. The first-order valence-electron chi connectivity index (χ1n) is 8.54. The van der Waals surface area contributed by atoms with Crippen molar-refractivity contribution in [1.29, 1.82) is 0 Å². The fourth-order valence-corrected chi connectivity index (χ4v) is 4.05. The maximum Gasteiger partial charge on any atom is 0.236 e. The summed E-state index contributed by atoms with van der Waals surface area (Å²) >= 11 is 0. The number of anilines is 1. The predicted octanol–water partition coefficient (Wildman–Crippen LogP) is 1.59. The summed E-state index contributed by atoms with van der Waals surface area (Å²) in [6, 6.07) is 7.70. The van der Waals surface area contributed by atoms with E-state index in [1.54, 1.807) is 0 Å². The monoisotopic (exact) mass is 352 g/mol. The zero-order valence-electron chi connectivity index (χ0n) is 14.7. The molecule has 0 atom stereocenters. The standard InChI is InChI=1S/C17H28N4O2S/c1-4-18-17(20-13-14(2)3)19-10-12-24(22,23)21-11-9-15-7-5-6-8-16(15)21/h5-8,14H,4,9-13H2,1-3H3,(H2,18,19,20). The van der Waals surface area contributed by atoms with E-state index in [0.717, 1.165) is 24.2 Å². The van der Waals surface area contributed by atoms with Gasteiger partial charge < -0.3 is 10.6 Å². The SMILES string of the molecule is CCNC(=NCC(C)C)NCCS(=O)(=O)N1CCc2ccccc21. The average molecular weight is 353 g/mol. The van der Waals surface area contributed by atoms with Gasteiger partial charge in [-0.05, 0) is 30.9 Å². The zero-order chi connectivity index (χ0) is 17.6. The van der Waals surface area contributed by atoms with Crippen molar-refractivity contribution in [3.63, 3.8) is 0 Å². The molecule has 0 radical (unpaired) electrons. The van der Waals surface area contributed by atoms with Crippen molar-refractivity contribution < 1.29 is 8.42 Å². The average Bonchev–Trinajstić information content (AvgIpc) is 2.97. The molecule has 24 heavy (non-hydrogen) atoms. The number of hydrogen-bond acceptors (Lipinski definition) is 3. The van der Waals surface area contributed by atoms with Gasteiger partial charge in [-0.1, -0.05) is 32.0 Å². The normalized spacial score (nSPS) is 14.8. The molecule has 0 unspecified atom stereocenters. The van der Waals surface area contributed by atoms with Crippen LogP contribution in [-0.4, -0.2) is 46.3 Å². The van der Waals surface area contributed by atoms with Crippen LogP contribution in [0.3, 0.4) is 0 Å². The smallest absolute Gasteiger partial charge is 0.236 e. The van der Waals surface area contributed by atoms with Crippen molar-refractivity contribution >= 4 is 21.7 Å². The summed E-state index contributed by atoms with van der Waals surface area (Å²) in [4.78, 5) is 4.45. The summed E-state index contributed by atoms with van der Waals surface area (Å²) < 4.78 is 26.8. The lowest BCUT2D eigenvalue weighted by molar-refractivity contribution is 0.590. The maximum absolute atomic E-state index is 12.6. The first-order valence-corrected chi connectivity index (χ1v) is 10.2. The Morgan fingerprint density at radius 3 is 2.75 bits per heavy atom. The molecule has 7 heteroatoms. The highest BCUT2D eigenvalue weighted by atomic mass is 32.2. The van der Waals surface area contributed by atoms with E-state index in [-0.39, 0.29) is 5.75 Å². The third kappa shape index (κ3) is 4.87. The van der Waals surface area contributed by atoms with Crippen LogP contribution >= 0.6 is 0 Å². The maximum atomic E-state index is 12.6. The quantitative estimate of drug-likeness (QED) is 0.577. The van der Waals surface area contributed by atoms with Gasteiger partial charge in [-0.3, -0.25) is 9.30 Å². The molecule has 0 saturated carbocycles. The van der Waals surface area contributed by atoms with Gasteiger partial charge in [0.05, 0.1) is 11.4 Å². The minimum absolute atomic E-state index is 0.0490. The van der Waals surface area contributed by atoms with E-state index in [2.05, 4.69) is 29.5 Å². The third-order valence-electron chi connectivity index (χ3n) is 3.79.